The minimum atomic E-state index is 0.0414. The molecule has 0 aliphatic carbocycles. The molecule has 4 heteroatoms. The fourth-order valence-electron chi connectivity index (χ4n) is 1.39. The summed E-state index contributed by atoms with van der Waals surface area (Å²) in [5.74, 6) is 0.823. The Kier molecular flexibility index (Phi) is 5.82. The number of nitrogens with zero attached hydrogens (tertiary/aromatic N) is 1. The van der Waals surface area contributed by atoms with E-state index in [1.807, 2.05) is 27.0 Å². The van der Waals surface area contributed by atoms with Crippen LogP contribution in [0.1, 0.15) is 19.4 Å². The molecule has 1 unspecified atom stereocenters. The van der Waals surface area contributed by atoms with E-state index in [0.29, 0.717) is 13.2 Å². The second-order valence-corrected chi connectivity index (χ2v) is 3.60. The third kappa shape index (κ3) is 4.16. The van der Waals surface area contributed by atoms with Crippen molar-refractivity contribution in [2.75, 3.05) is 20.3 Å². The molecule has 0 saturated heterocycles. The highest BCUT2D eigenvalue weighted by Crippen LogP contribution is 2.17. The lowest BCUT2D eigenvalue weighted by atomic mass is 10.2. The van der Waals surface area contributed by atoms with Crippen LogP contribution in [0.5, 0.6) is 5.75 Å². The maximum absolute atomic E-state index is 5.77. The van der Waals surface area contributed by atoms with Gasteiger partial charge in [-0.3, -0.25) is 4.98 Å². The van der Waals surface area contributed by atoms with Crippen LogP contribution in [-0.4, -0.2) is 31.3 Å². The van der Waals surface area contributed by atoms with Crippen LogP contribution in [0.15, 0.2) is 18.5 Å². The molecule has 0 aliphatic heterocycles. The van der Waals surface area contributed by atoms with Crippen molar-refractivity contribution < 1.29 is 9.47 Å². The number of aromatic nitrogens is 1. The third-order valence-electron chi connectivity index (χ3n) is 2.12. The molecule has 0 bridgehead atoms. The molecule has 1 N–H and O–H groups in total. The van der Waals surface area contributed by atoms with Gasteiger partial charge in [0.25, 0.3) is 0 Å². The van der Waals surface area contributed by atoms with Crippen molar-refractivity contribution in [3.05, 3.63) is 24.0 Å². The smallest absolute Gasteiger partial charge is 0.142 e. The molecule has 0 saturated carbocycles. The van der Waals surface area contributed by atoms with E-state index in [0.717, 1.165) is 17.9 Å². The highest BCUT2D eigenvalue weighted by molar-refractivity contribution is 5.29. The number of hydrogen-bond acceptors (Lipinski definition) is 4. The number of hydrogen-bond donors (Lipinski definition) is 1. The van der Waals surface area contributed by atoms with Gasteiger partial charge in [-0.1, -0.05) is 0 Å². The van der Waals surface area contributed by atoms with E-state index in [-0.39, 0.29) is 6.10 Å². The van der Waals surface area contributed by atoms with Gasteiger partial charge >= 0.3 is 0 Å². The fourth-order valence-corrected chi connectivity index (χ4v) is 1.39. The average Bonchev–Trinajstić information content (AvgIpc) is 2.29. The van der Waals surface area contributed by atoms with Crippen LogP contribution < -0.4 is 10.1 Å². The standard InChI is InChI=1S/C12H20N2O2/c1-4-15-9-10(2)16-12-8-14-6-5-11(12)7-13-3/h5-6,8,10,13H,4,7,9H2,1-3H3. The van der Waals surface area contributed by atoms with Crippen LogP contribution in [-0.2, 0) is 11.3 Å². The van der Waals surface area contributed by atoms with Crippen molar-refractivity contribution in [1.82, 2.24) is 10.3 Å². The van der Waals surface area contributed by atoms with Crippen molar-refractivity contribution in [1.29, 1.82) is 0 Å². The molecular weight excluding hydrogens is 204 g/mol. The molecule has 0 amide bonds. The molecule has 90 valence electrons. The van der Waals surface area contributed by atoms with Gasteiger partial charge in [-0.15, -0.1) is 0 Å². The first-order valence-corrected chi connectivity index (χ1v) is 5.59. The first-order valence-electron chi connectivity index (χ1n) is 5.59. The Labute approximate surface area is 97.0 Å². The van der Waals surface area contributed by atoms with E-state index >= 15 is 0 Å². The minimum absolute atomic E-state index is 0.0414. The van der Waals surface area contributed by atoms with Crippen LogP contribution in [0.2, 0.25) is 0 Å². The van der Waals surface area contributed by atoms with Gasteiger partial charge in [0.05, 0.1) is 12.8 Å². The summed E-state index contributed by atoms with van der Waals surface area (Å²) in [5, 5.41) is 3.10. The Morgan fingerprint density at radius 2 is 2.31 bits per heavy atom. The maximum atomic E-state index is 5.77. The summed E-state index contributed by atoms with van der Waals surface area (Å²) in [7, 11) is 1.91. The van der Waals surface area contributed by atoms with Crippen molar-refractivity contribution in [2.24, 2.45) is 0 Å². The molecule has 1 aromatic heterocycles. The van der Waals surface area contributed by atoms with E-state index in [4.69, 9.17) is 9.47 Å². The van der Waals surface area contributed by atoms with Gasteiger partial charge < -0.3 is 14.8 Å². The normalized spacial score (nSPS) is 12.4. The molecule has 1 rings (SSSR count). The second kappa shape index (κ2) is 7.19. The molecular formula is C12H20N2O2. The van der Waals surface area contributed by atoms with Crippen LogP contribution in [0, 0.1) is 0 Å². The van der Waals surface area contributed by atoms with Gasteiger partial charge in [0, 0.05) is 24.9 Å². The quantitative estimate of drug-likeness (QED) is 0.764. The fraction of sp³-hybridized carbons (Fsp3) is 0.583. The Balaban J connectivity index is 2.57. The number of pyridine rings is 1. The minimum Gasteiger partial charge on any atom is -0.486 e. The van der Waals surface area contributed by atoms with Gasteiger partial charge in [0.15, 0.2) is 0 Å². The monoisotopic (exact) mass is 224 g/mol. The van der Waals surface area contributed by atoms with Crippen LogP contribution in [0.25, 0.3) is 0 Å². The Morgan fingerprint density at radius 1 is 1.50 bits per heavy atom. The zero-order valence-corrected chi connectivity index (χ0v) is 10.2. The lowest BCUT2D eigenvalue weighted by Crippen LogP contribution is -2.20. The molecule has 1 heterocycles. The largest absolute Gasteiger partial charge is 0.486 e. The van der Waals surface area contributed by atoms with Crippen LogP contribution in [0.3, 0.4) is 0 Å². The van der Waals surface area contributed by atoms with E-state index in [2.05, 4.69) is 10.3 Å². The number of ether oxygens (including phenoxy) is 2. The maximum Gasteiger partial charge on any atom is 0.142 e. The summed E-state index contributed by atoms with van der Waals surface area (Å²) in [6.07, 6.45) is 3.56. The Hall–Kier alpha value is -1.13. The molecule has 16 heavy (non-hydrogen) atoms. The third-order valence-corrected chi connectivity index (χ3v) is 2.12. The second-order valence-electron chi connectivity index (χ2n) is 3.60. The first kappa shape index (κ1) is 12.9. The van der Waals surface area contributed by atoms with Crippen LogP contribution >= 0.6 is 0 Å². The SMILES string of the molecule is CCOCC(C)Oc1cnccc1CNC. The summed E-state index contributed by atoms with van der Waals surface area (Å²) < 4.78 is 11.1. The van der Waals surface area contributed by atoms with Crippen LogP contribution in [0.4, 0.5) is 0 Å². The van der Waals surface area contributed by atoms with E-state index in [1.165, 1.54) is 0 Å². The lowest BCUT2D eigenvalue weighted by Gasteiger charge is -2.16. The first-order chi connectivity index (χ1) is 7.77. The van der Waals surface area contributed by atoms with Gasteiger partial charge in [-0.25, -0.2) is 0 Å². The van der Waals surface area contributed by atoms with E-state index in [9.17, 15) is 0 Å². The zero-order chi connectivity index (χ0) is 11.8. The van der Waals surface area contributed by atoms with Crippen molar-refractivity contribution in [2.45, 2.75) is 26.5 Å². The van der Waals surface area contributed by atoms with Crippen molar-refractivity contribution in [3.63, 3.8) is 0 Å². The Morgan fingerprint density at radius 3 is 3.00 bits per heavy atom. The molecule has 0 aliphatic rings. The predicted molar refractivity (Wildman–Crippen MR) is 63.6 cm³/mol. The highest BCUT2D eigenvalue weighted by Gasteiger charge is 2.07. The molecule has 0 aromatic carbocycles. The molecule has 0 radical (unpaired) electrons. The zero-order valence-electron chi connectivity index (χ0n) is 10.2. The van der Waals surface area contributed by atoms with Gasteiger partial charge in [-0.05, 0) is 27.0 Å². The summed E-state index contributed by atoms with van der Waals surface area (Å²) in [6, 6.07) is 1.96. The molecule has 0 fully saturated rings. The summed E-state index contributed by atoms with van der Waals surface area (Å²) in [5.41, 5.74) is 1.11. The topological polar surface area (TPSA) is 43.4 Å². The average molecular weight is 224 g/mol. The van der Waals surface area contributed by atoms with Crippen molar-refractivity contribution in [3.8, 4) is 5.75 Å². The van der Waals surface area contributed by atoms with Gasteiger partial charge in [0.2, 0.25) is 0 Å². The molecule has 1 aromatic rings. The molecule has 1 atom stereocenters. The summed E-state index contributed by atoms with van der Waals surface area (Å²) in [6.45, 7) is 6.06. The molecule has 0 spiro atoms. The van der Waals surface area contributed by atoms with Gasteiger partial charge in [0.1, 0.15) is 11.9 Å². The summed E-state index contributed by atoms with van der Waals surface area (Å²) in [4.78, 5) is 4.07. The van der Waals surface area contributed by atoms with E-state index in [1.54, 1.807) is 12.4 Å². The van der Waals surface area contributed by atoms with Gasteiger partial charge in [-0.2, -0.15) is 0 Å². The number of nitrogens with one attached hydrogen (secondary N) is 1. The van der Waals surface area contributed by atoms with Crippen molar-refractivity contribution >= 4 is 0 Å². The van der Waals surface area contributed by atoms with E-state index < -0.39 is 0 Å². The highest BCUT2D eigenvalue weighted by atomic mass is 16.5. The predicted octanol–water partition coefficient (Wildman–Crippen LogP) is 1.60. The summed E-state index contributed by atoms with van der Waals surface area (Å²) >= 11 is 0. The lowest BCUT2D eigenvalue weighted by molar-refractivity contribution is 0.0650. The Bertz CT molecular complexity index is 305. The molecule has 4 nitrogen and oxygen atoms in total. The number of rotatable bonds is 7.